The van der Waals surface area contributed by atoms with Crippen molar-refractivity contribution in [2.45, 2.75) is 51.2 Å². The Morgan fingerprint density at radius 3 is 2.24 bits per heavy atom. The number of carboxylic acid groups (broad SMARTS) is 2. The van der Waals surface area contributed by atoms with Gasteiger partial charge in [0.05, 0.1) is 12.0 Å². The van der Waals surface area contributed by atoms with Gasteiger partial charge in [0.2, 0.25) is 0 Å². The molecule has 0 aromatic heterocycles. The molecule has 0 aliphatic rings. The molecule has 0 aliphatic carbocycles. The average molecular weight is 247 g/mol. The van der Waals surface area contributed by atoms with E-state index in [9.17, 15) is 14.7 Å². The van der Waals surface area contributed by atoms with Crippen LogP contribution in [0.4, 0.5) is 0 Å². The maximum atomic E-state index is 10.7. The summed E-state index contributed by atoms with van der Waals surface area (Å²) in [6.45, 7) is 3.44. The first-order valence-corrected chi connectivity index (χ1v) is 5.62. The van der Waals surface area contributed by atoms with Gasteiger partial charge < -0.3 is 21.1 Å². The topological polar surface area (TPSA) is 121 Å². The lowest BCUT2D eigenvalue weighted by Gasteiger charge is -2.25. The van der Waals surface area contributed by atoms with Gasteiger partial charge in [-0.15, -0.1) is 0 Å². The maximum Gasteiger partial charge on any atom is 0.320 e. The number of nitrogens with two attached hydrogens (primary N) is 1. The first-order chi connectivity index (χ1) is 7.69. The van der Waals surface area contributed by atoms with Gasteiger partial charge in [0.1, 0.15) is 6.04 Å². The zero-order valence-corrected chi connectivity index (χ0v) is 10.2. The Kier molecular flexibility index (Phi) is 6.12. The van der Waals surface area contributed by atoms with E-state index >= 15 is 0 Å². The third kappa shape index (κ3) is 6.23. The fourth-order valence-electron chi connectivity index (χ4n) is 1.51. The van der Waals surface area contributed by atoms with Gasteiger partial charge in [0, 0.05) is 0 Å². The number of hydrogen-bond donors (Lipinski definition) is 4. The molecule has 0 aliphatic heterocycles. The third-order valence-corrected chi connectivity index (χ3v) is 3.05. The van der Waals surface area contributed by atoms with Crippen molar-refractivity contribution in [3.8, 4) is 0 Å². The number of aliphatic carboxylic acids is 2. The van der Waals surface area contributed by atoms with Crippen molar-refractivity contribution in [2.75, 3.05) is 0 Å². The van der Waals surface area contributed by atoms with Crippen LogP contribution < -0.4 is 5.73 Å². The molecule has 5 N–H and O–H groups in total. The summed E-state index contributed by atoms with van der Waals surface area (Å²) in [5.74, 6) is -2.96. The predicted molar refractivity (Wildman–Crippen MR) is 61.5 cm³/mol. The summed E-state index contributed by atoms with van der Waals surface area (Å²) in [7, 11) is 0. The molecular weight excluding hydrogens is 226 g/mol. The van der Waals surface area contributed by atoms with E-state index in [0.717, 1.165) is 0 Å². The molecule has 3 atom stereocenters. The number of carboxylic acids is 2. The Balaban J connectivity index is 4.49. The molecule has 6 heteroatoms. The van der Waals surface area contributed by atoms with Gasteiger partial charge >= 0.3 is 11.9 Å². The molecule has 0 rings (SSSR count). The molecule has 0 spiro atoms. The summed E-state index contributed by atoms with van der Waals surface area (Å²) in [4.78, 5) is 21.4. The number of carbonyl (C=O) groups is 2. The molecule has 0 aromatic rings. The van der Waals surface area contributed by atoms with Crippen LogP contribution in [0.15, 0.2) is 0 Å². The van der Waals surface area contributed by atoms with E-state index in [1.54, 1.807) is 6.92 Å². The number of rotatable bonds is 8. The van der Waals surface area contributed by atoms with E-state index in [1.807, 2.05) is 6.92 Å². The lowest BCUT2D eigenvalue weighted by atomic mass is 9.86. The first-order valence-electron chi connectivity index (χ1n) is 5.62. The van der Waals surface area contributed by atoms with Crippen molar-refractivity contribution >= 4 is 11.9 Å². The van der Waals surface area contributed by atoms with Crippen LogP contribution in [-0.4, -0.2) is 38.9 Å². The third-order valence-electron chi connectivity index (χ3n) is 3.05. The molecule has 0 saturated heterocycles. The summed E-state index contributed by atoms with van der Waals surface area (Å²) >= 11 is 0. The van der Waals surface area contributed by atoms with Crippen LogP contribution in [0.25, 0.3) is 0 Å². The molecular formula is C11H21NO5. The quantitative estimate of drug-likeness (QED) is 0.493. The lowest BCUT2D eigenvalue weighted by molar-refractivity contribution is -0.142. The van der Waals surface area contributed by atoms with E-state index in [2.05, 4.69) is 0 Å². The van der Waals surface area contributed by atoms with Crippen LogP contribution >= 0.6 is 0 Å². The zero-order chi connectivity index (χ0) is 13.6. The standard InChI is InChI=1S/C11H21NO5/c1-3-11(2,17)5-4-7(6-8(13)14)9(12)10(15)16/h7,9,17H,3-6,12H2,1-2H3,(H,13,14)(H,15,16)/t7?,9-,11?/m0/s1. The predicted octanol–water partition coefficient (Wildman–Crippen LogP) is 0.430. The fourth-order valence-corrected chi connectivity index (χ4v) is 1.51. The van der Waals surface area contributed by atoms with E-state index < -0.39 is 29.5 Å². The monoisotopic (exact) mass is 247 g/mol. The Morgan fingerprint density at radius 1 is 1.35 bits per heavy atom. The second-order valence-corrected chi connectivity index (χ2v) is 4.61. The summed E-state index contributed by atoms with van der Waals surface area (Å²) < 4.78 is 0. The molecule has 2 unspecified atom stereocenters. The average Bonchev–Trinajstić information content (AvgIpc) is 2.22. The fraction of sp³-hybridized carbons (Fsp3) is 0.818. The van der Waals surface area contributed by atoms with E-state index in [-0.39, 0.29) is 12.8 Å². The smallest absolute Gasteiger partial charge is 0.320 e. The normalized spacial score (nSPS) is 18.1. The van der Waals surface area contributed by atoms with Crippen LogP contribution in [0.5, 0.6) is 0 Å². The van der Waals surface area contributed by atoms with Crippen LogP contribution in [0.2, 0.25) is 0 Å². The molecule has 0 fully saturated rings. The molecule has 0 radical (unpaired) electrons. The molecule has 0 aromatic carbocycles. The van der Waals surface area contributed by atoms with Gasteiger partial charge in [-0.2, -0.15) is 0 Å². The minimum atomic E-state index is -1.22. The maximum absolute atomic E-state index is 10.7. The van der Waals surface area contributed by atoms with Gasteiger partial charge in [0.25, 0.3) is 0 Å². The van der Waals surface area contributed by atoms with Gasteiger partial charge in [-0.05, 0) is 32.1 Å². The van der Waals surface area contributed by atoms with Gasteiger partial charge in [-0.3, -0.25) is 9.59 Å². The highest BCUT2D eigenvalue weighted by Crippen LogP contribution is 2.23. The lowest BCUT2D eigenvalue weighted by Crippen LogP contribution is -2.40. The molecule has 100 valence electrons. The Bertz CT molecular complexity index is 277. The minimum absolute atomic E-state index is 0.278. The van der Waals surface area contributed by atoms with E-state index in [4.69, 9.17) is 15.9 Å². The number of aliphatic hydroxyl groups is 1. The van der Waals surface area contributed by atoms with Crippen molar-refractivity contribution in [2.24, 2.45) is 11.7 Å². The van der Waals surface area contributed by atoms with Gasteiger partial charge in [-0.1, -0.05) is 6.92 Å². The number of hydrogen-bond acceptors (Lipinski definition) is 4. The second-order valence-electron chi connectivity index (χ2n) is 4.61. The summed E-state index contributed by atoms with van der Waals surface area (Å²) in [5.41, 5.74) is 4.53. The minimum Gasteiger partial charge on any atom is -0.481 e. The first kappa shape index (κ1) is 15.9. The molecule has 17 heavy (non-hydrogen) atoms. The Morgan fingerprint density at radius 2 is 1.88 bits per heavy atom. The van der Waals surface area contributed by atoms with Crippen LogP contribution in [0.1, 0.15) is 39.5 Å². The molecule has 0 bridgehead atoms. The van der Waals surface area contributed by atoms with Crippen molar-refractivity contribution in [3.63, 3.8) is 0 Å². The molecule has 0 saturated carbocycles. The highest BCUT2D eigenvalue weighted by molar-refractivity contribution is 5.75. The van der Waals surface area contributed by atoms with Gasteiger partial charge in [-0.25, -0.2) is 0 Å². The van der Waals surface area contributed by atoms with Crippen molar-refractivity contribution in [3.05, 3.63) is 0 Å². The van der Waals surface area contributed by atoms with Crippen molar-refractivity contribution < 1.29 is 24.9 Å². The SMILES string of the molecule is CCC(C)(O)CCC(CC(=O)O)[C@H](N)C(=O)O. The van der Waals surface area contributed by atoms with Crippen molar-refractivity contribution in [1.82, 2.24) is 0 Å². The molecule has 0 amide bonds. The summed E-state index contributed by atoms with van der Waals surface area (Å²) in [5, 5.41) is 27.3. The van der Waals surface area contributed by atoms with E-state index in [0.29, 0.717) is 12.8 Å². The largest absolute Gasteiger partial charge is 0.481 e. The van der Waals surface area contributed by atoms with Crippen molar-refractivity contribution in [1.29, 1.82) is 0 Å². The Labute approximate surface area is 100 Å². The van der Waals surface area contributed by atoms with Crippen LogP contribution in [0.3, 0.4) is 0 Å². The van der Waals surface area contributed by atoms with Crippen LogP contribution in [-0.2, 0) is 9.59 Å². The van der Waals surface area contributed by atoms with Crippen LogP contribution in [0, 0.1) is 5.92 Å². The second kappa shape index (κ2) is 6.56. The summed E-state index contributed by atoms with van der Waals surface area (Å²) in [6.07, 6.45) is 0.839. The zero-order valence-electron chi connectivity index (χ0n) is 10.2. The Hall–Kier alpha value is -1.14. The molecule has 0 heterocycles. The van der Waals surface area contributed by atoms with Gasteiger partial charge in [0.15, 0.2) is 0 Å². The highest BCUT2D eigenvalue weighted by atomic mass is 16.4. The van der Waals surface area contributed by atoms with E-state index in [1.165, 1.54) is 0 Å². The molecule has 6 nitrogen and oxygen atoms in total. The highest BCUT2D eigenvalue weighted by Gasteiger charge is 2.29. The summed E-state index contributed by atoms with van der Waals surface area (Å²) in [6, 6.07) is -1.21.